The summed E-state index contributed by atoms with van der Waals surface area (Å²) in [6, 6.07) is 4.44. The molecule has 0 saturated carbocycles. The number of carboxylic acids is 1. The van der Waals surface area contributed by atoms with Crippen molar-refractivity contribution in [1.29, 1.82) is 0 Å². The molecule has 182 valence electrons. The Morgan fingerprint density at radius 2 is 2.18 bits per heavy atom. The van der Waals surface area contributed by atoms with E-state index in [-0.39, 0.29) is 5.60 Å². The standard InChI is InChI=1S/C19H26N4O2S.C2HF3O2/c1-15-2-3-17(26-15)11-23-6-7-24-14-19(13-23)8-16(12-25-19)9-22-18-10-20-4-5-21-18;3-2(4,5)1(6)7/h2-5,10,16H,6-9,11-14H2,1H3,(H,21,22);(H,6,7). The quantitative estimate of drug-likeness (QED) is 0.663. The van der Waals surface area contributed by atoms with E-state index in [4.69, 9.17) is 19.4 Å². The van der Waals surface area contributed by atoms with Crippen LogP contribution in [-0.2, 0) is 20.8 Å². The Kier molecular flexibility index (Phi) is 8.63. The number of aliphatic carboxylic acids is 1. The van der Waals surface area contributed by atoms with Gasteiger partial charge in [0, 0.05) is 54.2 Å². The highest BCUT2D eigenvalue weighted by Gasteiger charge is 2.43. The van der Waals surface area contributed by atoms with Crippen molar-refractivity contribution in [1.82, 2.24) is 14.9 Å². The Labute approximate surface area is 193 Å². The van der Waals surface area contributed by atoms with Crippen LogP contribution in [-0.4, -0.2) is 77.2 Å². The Balaban J connectivity index is 0.000000383. The van der Waals surface area contributed by atoms with Gasteiger partial charge in [-0.1, -0.05) is 0 Å². The van der Waals surface area contributed by atoms with Gasteiger partial charge < -0.3 is 19.9 Å². The number of nitrogens with one attached hydrogen (secondary N) is 1. The van der Waals surface area contributed by atoms with Gasteiger partial charge in [0.25, 0.3) is 0 Å². The Morgan fingerprint density at radius 3 is 2.82 bits per heavy atom. The van der Waals surface area contributed by atoms with Gasteiger partial charge in [0.15, 0.2) is 0 Å². The molecule has 8 nitrogen and oxygen atoms in total. The summed E-state index contributed by atoms with van der Waals surface area (Å²) in [7, 11) is 0. The number of aryl methyl sites for hydroxylation is 1. The van der Waals surface area contributed by atoms with Crippen LogP contribution >= 0.6 is 11.3 Å². The van der Waals surface area contributed by atoms with Crippen LogP contribution in [0.3, 0.4) is 0 Å². The number of rotatable bonds is 5. The fourth-order valence-electron chi connectivity index (χ4n) is 3.83. The summed E-state index contributed by atoms with van der Waals surface area (Å²) in [5.74, 6) is -1.47. The molecule has 2 N–H and O–H groups in total. The number of hydrogen-bond donors (Lipinski definition) is 2. The van der Waals surface area contributed by atoms with Crippen LogP contribution in [0.4, 0.5) is 19.0 Å². The SMILES string of the molecule is Cc1ccc(CN2CCOCC3(CC(CNc4cnccn4)CO3)C2)s1.O=C(O)C(F)(F)F. The first-order valence-corrected chi connectivity index (χ1v) is 11.3. The molecule has 0 aliphatic carbocycles. The molecule has 2 aromatic rings. The van der Waals surface area contributed by atoms with Crippen molar-refractivity contribution in [2.75, 3.05) is 44.8 Å². The molecular weight excluding hydrogens is 461 g/mol. The molecule has 2 aliphatic heterocycles. The maximum absolute atomic E-state index is 10.6. The molecule has 2 atom stereocenters. The molecule has 0 radical (unpaired) electrons. The highest BCUT2D eigenvalue weighted by molar-refractivity contribution is 7.11. The molecule has 2 aliphatic rings. The monoisotopic (exact) mass is 488 g/mol. The zero-order valence-corrected chi connectivity index (χ0v) is 19.0. The number of thiophene rings is 1. The minimum atomic E-state index is -5.08. The molecule has 1 spiro atoms. The summed E-state index contributed by atoms with van der Waals surface area (Å²) in [5, 5.41) is 10.5. The molecule has 2 fully saturated rings. The molecule has 0 aromatic carbocycles. The zero-order chi connectivity index (χ0) is 23.9. The molecule has 2 saturated heterocycles. The van der Waals surface area contributed by atoms with Crippen molar-refractivity contribution in [2.45, 2.75) is 31.7 Å². The topological polar surface area (TPSA) is 96.8 Å². The molecule has 2 aromatic heterocycles. The predicted molar refractivity (Wildman–Crippen MR) is 116 cm³/mol. The second-order valence-electron chi connectivity index (χ2n) is 8.11. The zero-order valence-electron chi connectivity index (χ0n) is 18.2. The van der Waals surface area contributed by atoms with Crippen molar-refractivity contribution >= 4 is 23.1 Å². The van der Waals surface area contributed by atoms with E-state index in [1.54, 1.807) is 18.6 Å². The summed E-state index contributed by atoms with van der Waals surface area (Å²) in [6.07, 6.45) is 1.08. The number of alkyl halides is 3. The Hall–Kier alpha value is -2.28. The van der Waals surface area contributed by atoms with Crippen LogP contribution in [0.25, 0.3) is 0 Å². The lowest BCUT2D eigenvalue weighted by Crippen LogP contribution is -2.43. The van der Waals surface area contributed by atoms with Gasteiger partial charge in [0.1, 0.15) is 11.4 Å². The number of ether oxygens (including phenoxy) is 2. The van der Waals surface area contributed by atoms with E-state index in [1.165, 1.54) is 9.75 Å². The predicted octanol–water partition coefficient (Wildman–Crippen LogP) is 3.20. The molecule has 12 heteroatoms. The fraction of sp³-hybridized carbons (Fsp3) is 0.571. The van der Waals surface area contributed by atoms with Crippen molar-refractivity contribution < 1.29 is 32.5 Å². The third-order valence-electron chi connectivity index (χ3n) is 5.27. The first-order valence-electron chi connectivity index (χ1n) is 10.4. The van der Waals surface area contributed by atoms with Crippen LogP contribution in [0.5, 0.6) is 0 Å². The van der Waals surface area contributed by atoms with Crippen molar-refractivity contribution in [3.8, 4) is 0 Å². The second-order valence-corrected chi connectivity index (χ2v) is 9.49. The third-order valence-corrected chi connectivity index (χ3v) is 6.25. The second kappa shape index (κ2) is 11.2. The number of hydrogen-bond acceptors (Lipinski definition) is 8. The van der Waals surface area contributed by atoms with Crippen molar-refractivity contribution in [2.24, 2.45) is 5.92 Å². The molecule has 0 bridgehead atoms. The lowest BCUT2D eigenvalue weighted by molar-refractivity contribution is -0.192. The highest BCUT2D eigenvalue weighted by atomic mass is 32.1. The van der Waals surface area contributed by atoms with Gasteiger partial charge in [-0.05, 0) is 25.5 Å². The van der Waals surface area contributed by atoms with E-state index in [9.17, 15) is 13.2 Å². The number of nitrogens with zero attached hydrogens (tertiary/aromatic N) is 3. The molecule has 4 heterocycles. The first kappa shape index (κ1) is 25.3. The number of halogens is 3. The summed E-state index contributed by atoms with van der Waals surface area (Å²) < 4.78 is 43.9. The van der Waals surface area contributed by atoms with Gasteiger partial charge in [-0.3, -0.25) is 9.88 Å². The van der Waals surface area contributed by atoms with E-state index in [1.807, 2.05) is 11.3 Å². The average molecular weight is 489 g/mol. The van der Waals surface area contributed by atoms with Crippen LogP contribution in [0, 0.1) is 12.8 Å². The minimum Gasteiger partial charge on any atom is -0.475 e. The van der Waals surface area contributed by atoms with E-state index < -0.39 is 12.1 Å². The molecule has 2 unspecified atom stereocenters. The number of carbonyl (C=O) groups is 1. The van der Waals surface area contributed by atoms with Crippen molar-refractivity contribution in [3.63, 3.8) is 0 Å². The average Bonchev–Trinajstić information content (AvgIpc) is 3.30. The van der Waals surface area contributed by atoms with Crippen LogP contribution in [0.2, 0.25) is 0 Å². The summed E-state index contributed by atoms with van der Waals surface area (Å²) in [6.45, 7) is 8.13. The van der Waals surface area contributed by atoms with Gasteiger partial charge in [-0.25, -0.2) is 9.78 Å². The Morgan fingerprint density at radius 1 is 1.39 bits per heavy atom. The smallest absolute Gasteiger partial charge is 0.475 e. The number of carboxylic acid groups (broad SMARTS) is 1. The molecule has 4 rings (SSSR count). The summed E-state index contributed by atoms with van der Waals surface area (Å²) >= 11 is 1.88. The van der Waals surface area contributed by atoms with E-state index in [0.717, 1.165) is 51.6 Å². The fourth-order valence-corrected chi connectivity index (χ4v) is 4.76. The lowest BCUT2D eigenvalue weighted by atomic mass is 9.94. The normalized spacial score (nSPS) is 23.6. The molecule has 0 amide bonds. The number of aromatic nitrogens is 2. The lowest BCUT2D eigenvalue weighted by Gasteiger charge is -2.31. The first-order chi connectivity index (χ1) is 15.7. The number of anilines is 1. The molecular formula is C21H27F3N4O4S. The van der Waals surface area contributed by atoms with E-state index in [2.05, 4.69) is 39.2 Å². The summed E-state index contributed by atoms with van der Waals surface area (Å²) in [5.41, 5.74) is -0.183. The van der Waals surface area contributed by atoms with E-state index >= 15 is 0 Å². The van der Waals surface area contributed by atoms with Gasteiger partial charge >= 0.3 is 12.1 Å². The summed E-state index contributed by atoms with van der Waals surface area (Å²) in [4.78, 5) is 22.5. The van der Waals surface area contributed by atoms with Gasteiger partial charge in [0.2, 0.25) is 0 Å². The Bertz CT molecular complexity index is 899. The van der Waals surface area contributed by atoms with E-state index in [0.29, 0.717) is 12.5 Å². The maximum atomic E-state index is 10.6. The largest absolute Gasteiger partial charge is 0.490 e. The van der Waals surface area contributed by atoms with Crippen LogP contribution in [0.15, 0.2) is 30.7 Å². The minimum absolute atomic E-state index is 0.183. The highest BCUT2D eigenvalue weighted by Crippen LogP contribution is 2.33. The third kappa shape index (κ3) is 7.91. The molecule has 33 heavy (non-hydrogen) atoms. The van der Waals surface area contributed by atoms with Crippen LogP contribution in [0.1, 0.15) is 16.2 Å². The van der Waals surface area contributed by atoms with Crippen LogP contribution < -0.4 is 5.32 Å². The maximum Gasteiger partial charge on any atom is 0.490 e. The van der Waals surface area contributed by atoms with Gasteiger partial charge in [0.05, 0.1) is 26.0 Å². The van der Waals surface area contributed by atoms with Gasteiger partial charge in [-0.2, -0.15) is 13.2 Å². The van der Waals surface area contributed by atoms with Crippen molar-refractivity contribution in [3.05, 3.63) is 40.5 Å². The van der Waals surface area contributed by atoms with Gasteiger partial charge in [-0.15, -0.1) is 11.3 Å².